The van der Waals surface area contributed by atoms with Crippen LogP contribution in [0.2, 0.25) is 5.02 Å². The predicted molar refractivity (Wildman–Crippen MR) is 83.5 cm³/mol. The molecule has 0 bridgehead atoms. The van der Waals surface area contributed by atoms with Crippen molar-refractivity contribution in [3.8, 4) is 11.5 Å². The summed E-state index contributed by atoms with van der Waals surface area (Å²) < 4.78 is 37.3. The minimum atomic E-state index is -3.44. The molecule has 0 saturated carbocycles. The highest BCUT2D eigenvalue weighted by Gasteiger charge is 2.15. The molecule has 0 unspecified atom stereocenters. The van der Waals surface area contributed by atoms with E-state index in [0.717, 1.165) is 5.56 Å². The van der Waals surface area contributed by atoms with Crippen molar-refractivity contribution in [2.45, 2.75) is 12.3 Å². The summed E-state index contributed by atoms with van der Waals surface area (Å²) in [6, 6.07) is 12.1. The van der Waals surface area contributed by atoms with Crippen LogP contribution in [0.5, 0.6) is 11.5 Å². The average Bonchev–Trinajstić information content (AvgIpc) is 2.92. The first-order valence-electron chi connectivity index (χ1n) is 6.62. The Morgan fingerprint density at radius 1 is 1.05 bits per heavy atom. The average molecular weight is 340 g/mol. The second-order valence-electron chi connectivity index (χ2n) is 4.90. The molecule has 0 fully saturated rings. The van der Waals surface area contributed by atoms with Crippen LogP contribution in [0.1, 0.15) is 11.1 Å². The van der Waals surface area contributed by atoms with E-state index in [4.69, 9.17) is 21.1 Å². The van der Waals surface area contributed by atoms with Crippen LogP contribution < -0.4 is 14.2 Å². The van der Waals surface area contributed by atoms with Crippen molar-refractivity contribution in [3.05, 3.63) is 58.6 Å². The zero-order valence-corrected chi connectivity index (χ0v) is 13.2. The highest BCUT2D eigenvalue weighted by atomic mass is 35.5. The highest BCUT2D eigenvalue weighted by molar-refractivity contribution is 7.88. The lowest BCUT2D eigenvalue weighted by atomic mass is 10.2. The number of benzene rings is 2. The molecule has 116 valence electrons. The van der Waals surface area contributed by atoms with Crippen molar-refractivity contribution in [2.75, 3.05) is 6.79 Å². The molecule has 7 heteroatoms. The summed E-state index contributed by atoms with van der Waals surface area (Å²) >= 11 is 5.86. The molecule has 0 aromatic heterocycles. The van der Waals surface area contributed by atoms with Crippen molar-refractivity contribution in [1.29, 1.82) is 0 Å². The van der Waals surface area contributed by atoms with Gasteiger partial charge < -0.3 is 9.47 Å². The van der Waals surface area contributed by atoms with Gasteiger partial charge in [-0.25, -0.2) is 13.1 Å². The fourth-order valence-electron chi connectivity index (χ4n) is 2.14. The Balaban J connectivity index is 1.65. The van der Waals surface area contributed by atoms with E-state index in [1.807, 2.05) is 0 Å². The molecular formula is C15H14ClNO4S. The van der Waals surface area contributed by atoms with Crippen LogP contribution in [0, 0.1) is 0 Å². The van der Waals surface area contributed by atoms with Crippen LogP contribution in [0.4, 0.5) is 0 Å². The van der Waals surface area contributed by atoms with Gasteiger partial charge >= 0.3 is 0 Å². The zero-order valence-electron chi connectivity index (χ0n) is 11.6. The van der Waals surface area contributed by atoms with Gasteiger partial charge in [0.1, 0.15) is 0 Å². The number of hydrogen-bond donors (Lipinski definition) is 1. The summed E-state index contributed by atoms with van der Waals surface area (Å²) in [5.41, 5.74) is 1.45. The van der Waals surface area contributed by atoms with Gasteiger partial charge in [-0.2, -0.15) is 0 Å². The van der Waals surface area contributed by atoms with E-state index in [1.165, 1.54) is 0 Å². The lowest BCUT2D eigenvalue weighted by Crippen LogP contribution is -2.24. The smallest absolute Gasteiger partial charge is 0.231 e. The SMILES string of the molecule is O=S(=O)(Cc1cccc(Cl)c1)NCc1ccc2c(c1)OCO2. The summed E-state index contributed by atoms with van der Waals surface area (Å²) in [6.07, 6.45) is 0. The molecule has 1 aliphatic heterocycles. The molecule has 1 aliphatic rings. The molecule has 2 aromatic rings. The number of sulfonamides is 1. The van der Waals surface area contributed by atoms with Crippen molar-refractivity contribution >= 4 is 21.6 Å². The molecule has 0 radical (unpaired) electrons. The first kappa shape index (κ1) is 15.1. The molecule has 0 atom stereocenters. The van der Waals surface area contributed by atoms with E-state index in [-0.39, 0.29) is 19.1 Å². The monoisotopic (exact) mass is 339 g/mol. The Labute approximate surface area is 133 Å². The largest absolute Gasteiger partial charge is 0.454 e. The number of nitrogens with one attached hydrogen (secondary N) is 1. The van der Waals surface area contributed by atoms with Gasteiger partial charge in [0, 0.05) is 11.6 Å². The van der Waals surface area contributed by atoms with E-state index in [2.05, 4.69) is 4.72 Å². The van der Waals surface area contributed by atoms with Gasteiger partial charge in [-0.05, 0) is 35.4 Å². The molecule has 5 nitrogen and oxygen atoms in total. The lowest BCUT2D eigenvalue weighted by Gasteiger charge is -2.08. The summed E-state index contributed by atoms with van der Waals surface area (Å²) in [6.45, 7) is 0.388. The van der Waals surface area contributed by atoms with E-state index < -0.39 is 10.0 Å². The maximum absolute atomic E-state index is 12.1. The van der Waals surface area contributed by atoms with Crippen LogP contribution in [0.25, 0.3) is 0 Å². The van der Waals surface area contributed by atoms with Crippen LogP contribution in [0.3, 0.4) is 0 Å². The van der Waals surface area contributed by atoms with Gasteiger partial charge in [0.2, 0.25) is 16.8 Å². The number of fused-ring (bicyclic) bond motifs is 1. The van der Waals surface area contributed by atoms with Crippen LogP contribution in [-0.2, 0) is 22.3 Å². The Morgan fingerprint density at radius 2 is 1.86 bits per heavy atom. The van der Waals surface area contributed by atoms with Gasteiger partial charge in [0.05, 0.1) is 5.75 Å². The van der Waals surface area contributed by atoms with E-state index in [9.17, 15) is 8.42 Å². The van der Waals surface area contributed by atoms with Crippen molar-refractivity contribution < 1.29 is 17.9 Å². The Morgan fingerprint density at radius 3 is 2.68 bits per heavy atom. The van der Waals surface area contributed by atoms with Crippen LogP contribution in [-0.4, -0.2) is 15.2 Å². The Hall–Kier alpha value is -1.76. The van der Waals surface area contributed by atoms with Gasteiger partial charge in [0.25, 0.3) is 0 Å². The molecule has 0 spiro atoms. The minimum absolute atomic E-state index is 0.113. The van der Waals surface area contributed by atoms with Gasteiger partial charge in [0.15, 0.2) is 11.5 Å². The van der Waals surface area contributed by atoms with E-state index in [1.54, 1.807) is 42.5 Å². The summed E-state index contributed by atoms with van der Waals surface area (Å²) in [5, 5.41) is 0.517. The molecule has 2 aromatic carbocycles. The minimum Gasteiger partial charge on any atom is -0.454 e. The van der Waals surface area contributed by atoms with Crippen molar-refractivity contribution in [3.63, 3.8) is 0 Å². The van der Waals surface area contributed by atoms with E-state index >= 15 is 0 Å². The predicted octanol–water partition coefficient (Wildman–Crippen LogP) is 2.69. The molecular weight excluding hydrogens is 326 g/mol. The van der Waals surface area contributed by atoms with Gasteiger partial charge in [-0.1, -0.05) is 29.8 Å². The second kappa shape index (κ2) is 6.16. The summed E-state index contributed by atoms with van der Waals surface area (Å²) in [7, 11) is -3.44. The molecule has 1 heterocycles. The first-order valence-corrected chi connectivity index (χ1v) is 8.65. The number of halogens is 1. The normalized spacial score (nSPS) is 13.3. The zero-order chi connectivity index (χ0) is 15.6. The maximum Gasteiger partial charge on any atom is 0.231 e. The second-order valence-corrected chi connectivity index (χ2v) is 7.14. The van der Waals surface area contributed by atoms with E-state index in [0.29, 0.717) is 22.1 Å². The summed E-state index contributed by atoms with van der Waals surface area (Å²) in [5.74, 6) is 1.19. The van der Waals surface area contributed by atoms with Crippen molar-refractivity contribution in [1.82, 2.24) is 4.72 Å². The van der Waals surface area contributed by atoms with Crippen LogP contribution >= 0.6 is 11.6 Å². The summed E-state index contributed by atoms with van der Waals surface area (Å²) in [4.78, 5) is 0. The highest BCUT2D eigenvalue weighted by Crippen LogP contribution is 2.32. The topological polar surface area (TPSA) is 64.6 Å². The third-order valence-electron chi connectivity index (χ3n) is 3.18. The Bertz CT molecular complexity index is 792. The van der Waals surface area contributed by atoms with Crippen molar-refractivity contribution in [2.24, 2.45) is 0 Å². The molecule has 1 N–H and O–H groups in total. The fourth-order valence-corrected chi connectivity index (χ4v) is 3.46. The molecule has 22 heavy (non-hydrogen) atoms. The molecule has 0 aliphatic carbocycles. The molecule has 0 saturated heterocycles. The number of rotatable bonds is 5. The first-order chi connectivity index (χ1) is 10.5. The third-order valence-corrected chi connectivity index (χ3v) is 4.71. The maximum atomic E-state index is 12.1. The third kappa shape index (κ3) is 3.71. The standard InChI is InChI=1S/C15H14ClNO4S/c16-13-3-1-2-12(6-13)9-22(18,19)17-8-11-4-5-14-15(7-11)21-10-20-14/h1-7,17H,8-10H2. The number of ether oxygens (including phenoxy) is 2. The van der Waals surface area contributed by atoms with Gasteiger partial charge in [-0.15, -0.1) is 0 Å². The molecule has 0 amide bonds. The lowest BCUT2D eigenvalue weighted by molar-refractivity contribution is 0.174. The number of hydrogen-bond acceptors (Lipinski definition) is 4. The van der Waals surface area contributed by atoms with Gasteiger partial charge in [-0.3, -0.25) is 0 Å². The molecule has 3 rings (SSSR count). The Kier molecular flexibility index (Phi) is 4.24. The van der Waals surface area contributed by atoms with Crippen LogP contribution in [0.15, 0.2) is 42.5 Å². The fraction of sp³-hybridized carbons (Fsp3) is 0.200. The quantitative estimate of drug-likeness (QED) is 0.909.